The molecule has 1 fully saturated rings. The molecule has 2 N–H and O–H groups in total. The van der Waals surface area contributed by atoms with Gasteiger partial charge >= 0.3 is 0 Å². The van der Waals surface area contributed by atoms with Gasteiger partial charge in [-0.05, 0) is 25.3 Å². The van der Waals surface area contributed by atoms with Crippen molar-refractivity contribution >= 4 is 42.1 Å². The Balaban J connectivity index is 0.00000144. The Morgan fingerprint density at radius 2 is 2.04 bits per heavy atom. The van der Waals surface area contributed by atoms with E-state index in [0.717, 1.165) is 41.4 Å². The van der Waals surface area contributed by atoms with Gasteiger partial charge in [-0.1, -0.05) is 30.3 Å². The topological polar surface area (TPSA) is 59.2 Å². The number of aryl methyl sites for hydroxylation is 1. The molecule has 132 valence electrons. The van der Waals surface area contributed by atoms with Crippen LogP contribution in [-0.2, 0) is 6.42 Å². The van der Waals surface area contributed by atoms with Gasteiger partial charge in [-0.15, -0.1) is 36.2 Å². The number of aromatic nitrogens is 1. The van der Waals surface area contributed by atoms with Crippen molar-refractivity contribution < 1.29 is 4.79 Å². The van der Waals surface area contributed by atoms with E-state index in [1.807, 2.05) is 30.0 Å². The predicted octanol–water partition coefficient (Wildman–Crippen LogP) is 3.45. The van der Waals surface area contributed by atoms with E-state index in [-0.39, 0.29) is 36.8 Å². The summed E-state index contributed by atoms with van der Waals surface area (Å²) >= 11 is 1.51. The number of hydrogen-bond donors (Lipinski definition) is 1. The number of carbonyl (C=O) groups excluding carboxylic acids is 1. The summed E-state index contributed by atoms with van der Waals surface area (Å²) in [6, 6.07) is 10.3. The van der Waals surface area contributed by atoms with Gasteiger partial charge in [-0.3, -0.25) is 4.79 Å². The zero-order valence-electron chi connectivity index (χ0n) is 13.6. The molecule has 0 bridgehead atoms. The molecule has 0 radical (unpaired) electrons. The third-order valence-electron chi connectivity index (χ3n) is 3.98. The molecule has 7 heteroatoms. The Labute approximate surface area is 159 Å². The van der Waals surface area contributed by atoms with Crippen molar-refractivity contribution in [1.82, 2.24) is 9.88 Å². The molecule has 1 unspecified atom stereocenters. The van der Waals surface area contributed by atoms with Gasteiger partial charge in [0.05, 0.1) is 10.7 Å². The Hall–Kier alpha value is -1.14. The van der Waals surface area contributed by atoms with Crippen LogP contribution in [0.5, 0.6) is 0 Å². The molecule has 2 heterocycles. The standard InChI is InChI=1S/C17H21N3OS.2ClH/c1-12-16(17(21)20-9-5-8-14(18)11-20)22-15(19-12)10-13-6-3-2-4-7-13;;/h2-4,6-7,14H,5,8-11,18H2,1H3;2*1H. The minimum Gasteiger partial charge on any atom is -0.336 e. The van der Waals surface area contributed by atoms with Gasteiger partial charge in [0.1, 0.15) is 4.88 Å². The summed E-state index contributed by atoms with van der Waals surface area (Å²) in [5, 5.41) is 0.994. The SMILES string of the molecule is Cc1nc(Cc2ccccc2)sc1C(=O)N1CCCC(N)C1.Cl.Cl. The molecule has 1 aromatic heterocycles. The first-order valence-electron chi connectivity index (χ1n) is 7.68. The molecule has 2 aromatic rings. The second-order valence-electron chi connectivity index (χ2n) is 5.84. The third-order valence-corrected chi connectivity index (χ3v) is 5.12. The van der Waals surface area contributed by atoms with Crippen molar-refractivity contribution in [3.05, 3.63) is 51.5 Å². The lowest BCUT2D eigenvalue weighted by Gasteiger charge is -2.30. The first-order valence-corrected chi connectivity index (χ1v) is 8.50. The van der Waals surface area contributed by atoms with Crippen molar-refractivity contribution in [3.63, 3.8) is 0 Å². The monoisotopic (exact) mass is 387 g/mol. The third kappa shape index (κ3) is 4.93. The highest BCUT2D eigenvalue weighted by Gasteiger charge is 2.25. The zero-order valence-corrected chi connectivity index (χ0v) is 16.1. The van der Waals surface area contributed by atoms with E-state index >= 15 is 0 Å². The van der Waals surface area contributed by atoms with Crippen LogP contribution >= 0.6 is 36.2 Å². The number of piperidine rings is 1. The summed E-state index contributed by atoms with van der Waals surface area (Å²) in [7, 11) is 0. The quantitative estimate of drug-likeness (QED) is 0.876. The Morgan fingerprint density at radius 3 is 2.71 bits per heavy atom. The van der Waals surface area contributed by atoms with Gasteiger partial charge in [0.15, 0.2) is 0 Å². The highest BCUT2D eigenvalue weighted by molar-refractivity contribution is 7.13. The fraction of sp³-hybridized carbons (Fsp3) is 0.412. The van der Waals surface area contributed by atoms with Crippen LogP contribution in [0.25, 0.3) is 0 Å². The number of likely N-dealkylation sites (tertiary alicyclic amines) is 1. The molecule has 0 aliphatic carbocycles. The lowest BCUT2D eigenvalue weighted by molar-refractivity contribution is 0.0713. The molecule has 1 atom stereocenters. The summed E-state index contributed by atoms with van der Waals surface area (Å²) in [5.41, 5.74) is 8.03. The summed E-state index contributed by atoms with van der Waals surface area (Å²) in [6.07, 6.45) is 2.77. The maximum Gasteiger partial charge on any atom is 0.265 e. The van der Waals surface area contributed by atoms with Crippen LogP contribution in [0.1, 0.15) is 38.8 Å². The Bertz CT molecular complexity index is 663. The van der Waals surface area contributed by atoms with Gasteiger partial charge in [0.2, 0.25) is 0 Å². The minimum atomic E-state index is 0. The van der Waals surface area contributed by atoms with Crippen molar-refractivity contribution in [2.45, 2.75) is 32.2 Å². The van der Waals surface area contributed by atoms with Crippen LogP contribution in [0.15, 0.2) is 30.3 Å². The first kappa shape index (κ1) is 20.9. The normalized spacial score (nSPS) is 16.9. The Kier molecular flexibility index (Phi) is 8.16. The number of nitrogens with zero attached hydrogens (tertiary/aromatic N) is 2. The molecule has 1 aliphatic rings. The molecule has 1 amide bonds. The second-order valence-corrected chi connectivity index (χ2v) is 6.92. The predicted molar refractivity (Wildman–Crippen MR) is 104 cm³/mol. The van der Waals surface area contributed by atoms with Crippen LogP contribution in [0.3, 0.4) is 0 Å². The highest BCUT2D eigenvalue weighted by Crippen LogP contribution is 2.23. The fourth-order valence-corrected chi connectivity index (χ4v) is 3.90. The van der Waals surface area contributed by atoms with Gasteiger partial charge in [-0.25, -0.2) is 4.98 Å². The molecule has 3 rings (SSSR count). The maximum atomic E-state index is 12.7. The van der Waals surface area contributed by atoms with Crippen LogP contribution in [0.2, 0.25) is 0 Å². The van der Waals surface area contributed by atoms with Crippen molar-refractivity contribution in [1.29, 1.82) is 0 Å². The number of rotatable bonds is 3. The summed E-state index contributed by atoms with van der Waals surface area (Å²) < 4.78 is 0. The average Bonchev–Trinajstić information content (AvgIpc) is 2.88. The minimum absolute atomic E-state index is 0. The van der Waals surface area contributed by atoms with E-state index in [1.165, 1.54) is 16.9 Å². The van der Waals surface area contributed by atoms with Gasteiger partial charge < -0.3 is 10.6 Å². The number of thiazole rings is 1. The van der Waals surface area contributed by atoms with Crippen LogP contribution in [-0.4, -0.2) is 34.9 Å². The van der Waals surface area contributed by atoms with E-state index in [2.05, 4.69) is 17.1 Å². The largest absolute Gasteiger partial charge is 0.336 e. The smallest absolute Gasteiger partial charge is 0.265 e. The fourth-order valence-electron chi connectivity index (χ4n) is 2.83. The summed E-state index contributed by atoms with van der Waals surface area (Å²) in [5.74, 6) is 0.0875. The van der Waals surface area contributed by atoms with E-state index < -0.39 is 0 Å². The van der Waals surface area contributed by atoms with Gasteiger partial charge in [0.25, 0.3) is 5.91 Å². The highest BCUT2D eigenvalue weighted by atomic mass is 35.5. The van der Waals surface area contributed by atoms with Crippen molar-refractivity contribution in [2.75, 3.05) is 13.1 Å². The van der Waals surface area contributed by atoms with Crippen molar-refractivity contribution in [2.24, 2.45) is 5.73 Å². The molecule has 0 spiro atoms. The van der Waals surface area contributed by atoms with Gasteiger partial charge in [-0.2, -0.15) is 0 Å². The lowest BCUT2D eigenvalue weighted by Crippen LogP contribution is -2.45. The average molecular weight is 388 g/mol. The van der Waals surface area contributed by atoms with E-state index in [4.69, 9.17) is 5.73 Å². The second kappa shape index (κ2) is 9.37. The zero-order chi connectivity index (χ0) is 15.5. The lowest BCUT2D eigenvalue weighted by atomic mass is 10.1. The number of hydrogen-bond acceptors (Lipinski definition) is 4. The number of carbonyl (C=O) groups is 1. The van der Waals surface area contributed by atoms with Crippen LogP contribution in [0, 0.1) is 6.92 Å². The number of benzene rings is 1. The van der Waals surface area contributed by atoms with E-state index in [9.17, 15) is 4.79 Å². The maximum absolute atomic E-state index is 12.7. The molecule has 1 aromatic carbocycles. The van der Waals surface area contributed by atoms with Crippen LogP contribution < -0.4 is 5.73 Å². The number of amides is 1. The van der Waals surface area contributed by atoms with E-state index in [0.29, 0.717) is 6.54 Å². The molecule has 1 saturated heterocycles. The number of halogens is 2. The molecule has 0 saturated carbocycles. The van der Waals surface area contributed by atoms with Crippen molar-refractivity contribution in [3.8, 4) is 0 Å². The summed E-state index contributed by atoms with van der Waals surface area (Å²) in [6.45, 7) is 3.38. The number of nitrogens with two attached hydrogens (primary N) is 1. The molecule has 24 heavy (non-hydrogen) atoms. The van der Waals surface area contributed by atoms with E-state index in [1.54, 1.807) is 0 Å². The first-order chi connectivity index (χ1) is 10.6. The summed E-state index contributed by atoms with van der Waals surface area (Å²) in [4.78, 5) is 19.9. The molecule has 1 aliphatic heterocycles. The molecular weight excluding hydrogens is 365 g/mol. The van der Waals surface area contributed by atoms with Gasteiger partial charge in [0, 0.05) is 25.6 Å². The Morgan fingerprint density at radius 1 is 1.33 bits per heavy atom. The molecule has 4 nitrogen and oxygen atoms in total. The molecular formula is C17H23Cl2N3OS. The van der Waals surface area contributed by atoms with Crippen LogP contribution in [0.4, 0.5) is 0 Å².